The fraction of sp³-hybridized carbons (Fsp3) is 0.261. The van der Waals surface area contributed by atoms with E-state index in [9.17, 15) is 9.18 Å². The molecule has 0 saturated heterocycles. The van der Waals surface area contributed by atoms with Gasteiger partial charge < -0.3 is 9.73 Å². The number of nitrogens with one attached hydrogen (secondary N) is 1. The third kappa shape index (κ3) is 5.97. The van der Waals surface area contributed by atoms with E-state index in [-0.39, 0.29) is 30.5 Å². The van der Waals surface area contributed by atoms with Crippen molar-refractivity contribution in [3.63, 3.8) is 0 Å². The molecule has 168 valence electrons. The first-order valence-electron chi connectivity index (χ1n) is 10.1. The zero-order valence-electron chi connectivity index (χ0n) is 17.6. The fourth-order valence-corrected chi connectivity index (χ4v) is 4.38. The number of aliphatic imine (C=N–C) groups is 1. The van der Waals surface area contributed by atoms with Gasteiger partial charge in [-0.15, -0.1) is 10.2 Å². The fourth-order valence-electron chi connectivity index (χ4n) is 3.15. The monoisotopic (exact) mass is 483 g/mol. The first-order chi connectivity index (χ1) is 15.9. The van der Waals surface area contributed by atoms with Gasteiger partial charge in [0.1, 0.15) is 17.8 Å². The van der Waals surface area contributed by atoms with Crippen LogP contribution in [0.2, 0.25) is 5.02 Å². The summed E-state index contributed by atoms with van der Waals surface area (Å²) < 4.78 is 19.2. The number of nitrogens with zero attached hydrogens (tertiary/aromatic N) is 4. The number of halogens is 2. The Kier molecular flexibility index (Phi) is 6.77. The van der Waals surface area contributed by atoms with Crippen molar-refractivity contribution in [3.05, 3.63) is 65.1 Å². The Labute approximate surface area is 199 Å². The van der Waals surface area contributed by atoms with Gasteiger partial charge in [-0.2, -0.15) is 5.26 Å². The average molecular weight is 484 g/mol. The van der Waals surface area contributed by atoms with Crippen molar-refractivity contribution < 1.29 is 13.6 Å². The molecule has 7 nitrogen and oxygen atoms in total. The Morgan fingerprint density at radius 1 is 1.24 bits per heavy atom. The van der Waals surface area contributed by atoms with E-state index in [0.29, 0.717) is 28.8 Å². The Morgan fingerprint density at radius 3 is 2.67 bits per heavy atom. The van der Waals surface area contributed by atoms with Gasteiger partial charge in [-0.1, -0.05) is 35.5 Å². The minimum atomic E-state index is -0.736. The second-order valence-corrected chi connectivity index (χ2v) is 9.17. The van der Waals surface area contributed by atoms with Crippen molar-refractivity contribution >= 4 is 34.3 Å². The Morgan fingerprint density at radius 2 is 2.00 bits per heavy atom. The smallest absolute Gasteiger partial charge is 0.230 e. The molecule has 1 amide bonds. The molecule has 33 heavy (non-hydrogen) atoms. The lowest BCUT2D eigenvalue weighted by atomic mass is 10.1. The molecule has 3 aromatic rings. The van der Waals surface area contributed by atoms with Gasteiger partial charge in [0.2, 0.25) is 17.7 Å². The summed E-state index contributed by atoms with van der Waals surface area (Å²) in [6.07, 6.45) is 1.50. The van der Waals surface area contributed by atoms with Crippen LogP contribution in [0, 0.1) is 17.1 Å². The average Bonchev–Trinajstić information content (AvgIpc) is 3.42. The lowest BCUT2D eigenvalue weighted by molar-refractivity contribution is -0.121. The molecule has 0 unspecified atom stereocenters. The van der Waals surface area contributed by atoms with Crippen molar-refractivity contribution in [2.45, 2.75) is 36.1 Å². The molecule has 1 aliphatic rings. The summed E-state index contributed by atoms with van der Waals surface area (Å²) in [5.41, 5.74) is 0.773. The van der Waals surface area contributed by atoms with Crippen molar-refractivity contribution in [1.82, 2.24) is 15.5 Å². The molecule has 0 spiro atoms. The van der Waals surface area contributed by atoms with Crippen LogP contribution in [-0.4, -0.2) is 33.7 Å². The quantitative estimate of drug-likeness (QED) is 0.299. The highest BCUT2D eigenvalue weighted by molar-refractivity contribution is 8.14. The molecule has 2 aromatic carbocycles. The molecule has 0 aliphatic heterocycles. The molecule has 0 radical (unpaired) electrons. The molecule has 1 saturated carbocycles. The molecule has 1 aromatic heterocycles. The lowest BCUT2D eigenvalue weighted by Crippen LogP contribution is -2.36. The van der Waals surface area contributed by atoms with Gasteiger partial charge in [0.05, 0.1) is 17.5 Å². The first-order valence-corrected chi connectivity index (χ1v) is 11.3. The number of benzene rings is 2. The number of hydrogen-bond donors (Lipinski definition) is 1. The number of thioether (sulfide) groups is 1. The minimum absolute atomic E-state index is 0.0898. The maximum atomic E-state index is 13.6. The van der Waals surface area contributed by atoms with Crippen molar-refractivity contribution in [2.24, 2.45) is 4.99 Å². The number of nitriles is 1. The Bertz CT molecular complexity index is 1270. The highest BCUT2D eigenvalue weighted by atomic mass is 35.5. The van der Waals surface area contributed by atoms with Crippen molar-refractivity contribution in [3.8, 4) is 17.2 Å². The van der Waals surface area contributed by atoms with Crippen LogP contribution in [-0.2, 0) is 17.6 Å². The van der Waals surface area contributed by atoms with Gasteiger partial charge >= 0.3 is 0 Å². The number of carbonyl (C=O) groups excluding carboxylic acids is 1. The normalized spacial score (nSPS) is 14.5. The van der Waals surface area contributed by atoms with E-state index in [1.54, 1.807) is 25.2 Å². The summed E-state index contributed by atoms with van der Waals surface area (Å²) in [5.74, 6) is -0.155. The predicted octanol–water partition coefficient (Wildman–Crippen LogP) is 4.61. The third-order valence-corrected chi connectivity index (χ3v) is 6.23. The van der Waals surface area contributed by atoms with E-state index in [2.05, 4.69) is 26.6 Å². The number of rotatable bonds is 7. The highest BCUT2D eigenvalue weighted by Crippen LogP contribution is 2.34. The van der Waals surface area contributed by atoms with Crippen molar-refractivity contribution in [1.29, 1.82) is 5.26 Å². The van der Waals surface area contributed by atoms with E-state index in [1.165, 1.54) is 23.9 Å². The number of aromatic nitrogens is 2. The molecule has 4 rings (SSSR count). The van der Waals surface area contributed by atoms with Gasteiger partial charge in [0.15, 0.2) is 0 Å². The molecule has 1 heterocycles. The van der Waals surface area contributed by atoms with Gasteiger partial charge in [-0.25, -0.2) is 4.39 Å². The van der Waals surface area contributed by atoms with E-state index in [4.69, 9.17) is 21.3 Å². The van der Waals surface area contributed by atoms with Gasteiger partial charge in [0, 0.05) is 17.0 Å². The summed E-state index contributed by atoms with van der Waals surface area (Å²) in [5, 5.41) is 20.9. The zero-order valence-corrected chi connectivity index (χ0v) is 19.2. The minimum Gasteiger partial charge on any atom is -0.424 e. The first kappa shape index (κ1) is 23.0. The number of carbonyl (C=O) groups is 1. The number of amides is 1. The molecule has 0 atom stereocenters. The summed E-state index contributed by atoms with van der Waals surface area (Å²) in [4.78, 5) is 17.2. The van der Waals surface area contributed by atoms with Crippen LogP contribution in [0.1, 0.15) is 24.6 Å². The zero-order chi connectivity index (χ0) is 23.4. The van der Waals surface area contributed by atoms with Crippen LogP contribution in [0.3, 0.4) is 0 Å². The van der Waals surface area contributed by atoms with Gasteiger partial charge in [-0.05, 0) is 54.3 Å². The van der Waals surface area contributed by atoms with Crippen LogP contribution in [0.25, 0.3) is 11.1 Å². The maximum absolute atomic E-state index is 13.6. The Hall–Kier alpha value is -3.22. The number of hydrogen-bond acceptors (Lipinski definition) is 7. The van der Waals surface area contributed by atoms with E-state index < -0.39 is 5.54 Å². The predicted molar refractivity (Wildman–Crippen MR) is 123 cm³/mol. The van der Waals surface area contributed by atoms with Crippen molar-refractivity contribution in [2.75, 3.05) is 7.05 Å². The van der Waals surface area contributed by atoms with E-state index in [0.717, 1.165) is 16.0 Å². The van der Waals surface area contributed by atoms with E-state index in [1.807, 2.05) is 12.1 Å². The standard InChI is InChI=1S/C23H19ClFN5O2S/c1-27-22(12-21-30-29-20(32-21)11-19(31)28-23(13-26)5-6-23)33-18-9-15(7-16(24)10-18)14-3-2-4-17(25)8-14/h2-4,7-10H,5-6,11-12H2,1H3,(H,28,31). The van der Waals surface area contributed by atoms with Crippen LogP contribution in [0.4, 0.5) is 4.39 Å². The van der Waals surface area contributed by atoms with Crippen LogP contribution in [0.15, 0.2) is 56.8 Å². The van der Waals surface area contributed by atoms with Crippen LogP contribution < -0.4 is 5.32 Å². The topological polar surface area (TPSA) is 104 Å². The maximum Gasteiger partial charge on any atom is 0.230 e. The summed E-state index contributed by atoms with van der Waals surface area (Å²) in [6.45, 7) is 0. The van der Waals surface area contributed by atoms with Gasteiger partial charge in [-0.3, -0.25) is 9.79 Å². The Balaban J connectivity index is 1.41. The molecule has 0 bridgehead atoms. The summed E-state index contributed by atoms with van der Waals surface area (Å²) in [6, 6.07) is 13.9. The summed E-state index contributed by atoms with van der Waals surface area (Å²) in [7, 11) is 1.65. The highest BCUT2D eigenvalue weighted by Gasteiger charge is 2.44. The lowest BCUT2D eigenvalue weighted by Gasteiger charge is -2.08. The second kappa shape index (κ2) is 9.73. The van der Waals surface area contributed by atoms with Crippen LogP contribution in [0.5, 0.6) is 0 Å². The largest absolute Gasteiger partial charge is 0.424 e. The van der Waals surface area contributed by atoms with Gasteiger partial charge in [0.25, 0.3) is 0 Å². The summed E-state index contributed by atoms with van der Waals surface area (Å²) >= 11 is 7.67. The molecular weight excluding hydrogens is 465 g/mol. The molecule has 1 N–H and O–H groups in total. The molecular formula is C23H19ClFN5O2S. The second-order valence-electron chi connectivity index (χ2n) is 7.59. The molecule has 1 fully saturated rings. The third-order valence-electron chi connectivity index (χ3n) is 4.98. The molecule has 1 aliphatic carbocycles. The SMILES string of the molecule is CN=C(Cc1nnc(CC(=O)NC2(C#N)CC2)o1)Sc1cc(Cl)cc(-c2cccc(F)c2)c1. The van der Waals surface area contributed by atoms with Crippen LogP contribution >= 0.6 is 23.4 Å². The van der Waals surface area contributed by atoms with E-state index >= 15 is 0 Å². The molecule has 10 heteroatoms.